The van der Waals surface area contributed by atoms with Crippen LogP contribution in [0.1, 0.15) is 56.2 Å². The number of aliphatic hydroxyl groups excluding tert-OH is 1. The van der Waals surface area contributed by atoms with Crippen LogP contribution in [-0.4, -0.2) is 63.3 Å². The molecule has 128 valence electrons. The number of aromatic amines is 1. The highest BCUT2D eigenvalue weighted by Gasteiger charge is 2.25. The zero-order valence-electron chi connectivity index (χ0n) is 14.0. The quantitative estimate of drug-likeness (QED) is 0.885. The van der Waals surface area contributed by atoms with Crippen LogP contribution >= 0.6 is 0 Å². The first kappa shape index (κ1) is 16.5. The van der Waals surface area contributed by atoms with E-state index in [1.165, 1.54) is 43.4 Å². The fourth-order valence-electron chi connectivity index (χ4n) is 3.92. The third-order valence-electron chi connectivity index (χ3n) is 5.19. The molecule has 0 bridgehead atoms. The summed E-state index contributed by atoms with van der Waals surface area (Å²) in [5, 5.41) is 17.7. The van der Waals surface area contributed by atoms with Crippen LogP contribution in [0.2, 0.25) is 0 Å². The first-order valence-electron chi connectivity index (χ1n) is 8.81. The van der Waals surface area contributed by atoms with Crippen LogP contribution in [0.15, 0.2) is 6.20 Å². The average molecular weight is 320 g/mol. The molecule has 6 heteroatoms. The van der Waals surface area contributed by atoms with Crippen LogP contribution in [0, 0.1) is 0 Å². The van der Waals surface area contributed by atoms with Gasteiger partial charge in [-0.25, -0.2) is 0 Å². The van der Waals surface area contributed by atoms with Crippen molar-refractivity contribution in [3.8, 4) is 0 Å². The molecule has 1 saturated carbocycles. The second-order valence-corrected chi connectivity index (χ2v) is 7.00. The first-order valence-corrected chi connectivity index (χ1v) is 8.81. The normalized spacial score (nSPS) is 24.6. The molecule has 2 fully saturated rings. The number of carbonyl (C=O) groups is 1. The summed E-state index contributed by atoms with van der Waals surface area (Å²) in [5.74, 6) is 0.643. The Morgan fingerprint density at radius 1 is 1.30 bits per heavy atom. The van der Waals surface area contributed by atoms with E-state index in [0.717, 1.165) is 13.1 Å². The van der Waals surface area contributed by atoms with Gasteiger partial charge in [0.2, 0.25) is 5.91 Å². The van der Waals surface area contributed by atoms with Gasteiger partial charge in [0.15, 0.2) is 0 Å². The molecule has 1 saturated heterocycles. The third-order valence-corrected chi connectivity index (χ3v) is 5.19. The second kappa shape index (κ2) is 7.45. The van der Waals surface area contributed by atoms with Crippen molar-refractivity contribution in [2.75, 3.05) is 26.2 Å². The van der Waals surface area contributed by atoms with Crippen molar-refractivity contribution < 1.29 is 9.90 Å². The van der Waals surface area contributed by atoms with Gasteiger partial charge in [0, 0.05) is 56.8 Å². The Morgan fingerprint density at radius 2 is 2.09 bits per heavy atom. The van der Waals surface area contributed by atoms with Gasteiger partial charge in [0.1, 0.15) is 0 Å². The predicted octanol–water partition coefficient (Wildman–Crippen LogP) is 1.48. The largest absolute Gasteiger partial charge is 0.390 e. The molecule has 0 spiro atoms. The van der Waals surface area contributed by atoms with Gasteiger partial charge in [-0.05, 0) is 12.8 Å². The monoisotopic (exact) mass is 320 g/mol. The number of rotatable bonds is 3. The molecule has 0 unspecified atom stereocenters. The van der Waals surface area contributed by atoms with E-state index in [9.17, 15) is 9.90 Å². The molecular weight excluding hydrogens is 292 g/mol. The van der Waals surface area contributed by atoms with Crippen LogP contribution in [0.25, 0.3) is 0 Å². The maximum absolute atomic E-state index is 11.6. The molecule has 2 aliphatic rings. The van der Waals surface area contributed by atoms with E-state index in [-0.39, 0.29) is 5.91 Å². The number of hydrogen-bond acceptors (Lipinski definition) is 4. The summed E-state index contributed by atoms with van der Waals surface area (Å²) >= 11 is 0. The second-order valence-electron chi connectivity index (χ2n) is 7.00. The minimum Gasteiger partial charge on any atom is -0.390 e. The summed E-state index contributed by atoms with van der Waals surface area (Å²) in [6.07, 6.45) is 7.90. The van der Waals surface area contributed by atoms with Gasteiger partial charge in [0.25, 0.3) is 0 Å². The van der Waals surface area contributed by atoms with Crippen molar-refractivity contribution in [2.45, 2.75) is 57.6 Å². The first-order chi connectivity index (χ1) is 11.1. The average Bonchev–Trinajstić information content (AvgIpc) is 2.91. The van der Waals surface area contributed by atoms with Gasteiger partial charge < -0.3 is 10.0 Å². The molecule has 6 nitrogen and oxygen atoms in total. The van der Waals surface area contributed by atoms with E-state index in [1.54, 1.807) is 11.8 Å². The van der Waals surface area contributed by atoms with Crippen LogP contribution in [0.5, 0.6) is 0 Å². The highest BCUT2D eigenvalue weighted by molar-refractivity contribution is 5.73. The van der Waals surface area contributed by atoms with Crippen molar-refractivity contribution in [1.29, 1.82) is 0 Å². The maximum atomic E-state index is 11.6. The Kier molecular flexibility index (Phi) is 5.33. The lowest BCUT2D eigenvalue weighted by Gasteiger charge is -2.24. The Hall–Kier alpha value is -1.40. The molecule has 1 aliphatic carbocycles. The van der Waals surface area contributed by atoms with E-state index in [4.69, 9.17) is 0 Å². The molecule has 3 rings (SSSR count). The zero-order chi connectivity index (χ0) is 16.2. The molecule has 2 N–H and O–H groups in total. The van der Waals surface area contributed by atoms with Gasteiger partial charge in [-0.1, -0.05) is 19.3 Å². The number of aliphatic hydroxyl groups is 1. The lowest BCUT2D eigenvalue weighted by atomic mass is 9.85. The number of nitrogens with zero attached hydrogens (tertiary/aromatic N) is 3. The molecule has 1 aromatic rings. The third kappa shape index (κ3) is 4.12. The Bertz CT molecular complexity index is 524. The van der Waals surface area contributed by atoms with Crippen LogP contribution in [0.4, 0.5) is 0 Å². The van der Waals surface area contributed by atoms with Crippen LogP contribution in [0.3, 0.4) is 0 Å². The van der Waals surface area contributed by atoms with Crippen molar-refractivity contribution in [2.24, 2.45) is 0 Å². The lowest BCUT2D eigenvalue weighted by molar-refractivity contribution is -0.129. The molecule has 1 aromatic heterocycles. The molecule has 1 amide bonds. The number of hydrogen-bond donors (Lipinski definition) is 2. The summed E-state index contributed by atoms with van der Waals surface area (Å²) in [4.78, 5) is 15.5. The number of nitrogens with one attached hydrogen (secondary N) is 1. The van der Waals surface area contributed by atoms with Gasteiger partial charge in [-0.15, -0.1) is 0 Å². The topological polar surface area (TPSA) is 72.5 Å². The smallest absolute Gasteiger partial charge is 0.219 e. The number of amides is 1. The van der Waals surface area contributed by atoms with Gasteiger partial charge in [-0.3, -0.25) is 14.8 Å². The summed E-state index contributed by atoms with van der Waals surface area (Å²) in [7, 11) is 0. The molecule has 23 heavy (non-hydrogen) atoms. The molecule has 0 radical (unpaired) electrons. The van der Waals surface area contributed by atoms with Gasteiger partial charge in [-0.2, -0.15) is 5.10 Å². The SMILES string of the molecule is CC(=O)N1CCN(Cc2cn[nH]c2C2CCCCC2)C[C@@H](O)C1. The van der Waals surface area contributed by atoms with E-state index >= 15 is 0 Å². The summed E-state index contributed by atoms with van der Waals surface area (Å²) in [6, 6.07) is 0. The minimum absolute atomic E-state index is 0.0390. The summed E-state index contributed by atoms with van der Waals surface area (Å²) in [6.45, 7) is 4.89. The Balaban J connectivity index is 1.65. The highest BCUT2D eigenvalue weighted by Crippen LogP contribution is 2.33. The minimum atomic E-state index is -0.480. The number of carbonyl (C=O) groups excluding carboxylic acids is 1. The summed E-state index contributed by atoms with van der Waals surface area (Å²) < 4.78 is 0. The van der Waals surface area contributed by atoms with Crippen molar-refractivity contribution >= 4 is 5.91 Å². The Morgan fingerprint density at radius 3 is 2.83 bits per heavy atom. The van der Waals surface area contributed by atoms with E-state index < -0.39 is 6.10 Å². The van der Waals surface area contributed by atoms with Crippen molar-refractivity contribution in [1.82, 2.24) is 20.0 Å². The van der Waals surface area contributed by atoms with Crippen LogP contribution < -0.4 is 0 Å². The molecule has 2 heterocycles. The standard InChI is InChI=1S/C17H28N4O2/c1-13(22)21-8-7-20(11-16(23)12-21)10-15-9-18-19-17(15)14-5-3-2-4-6-14/h9,14,16,23H,2-8,10-12H2,1H3,(H,18,19)/t16-/m1/s1. The number of aromatic nitrogens is 2. The highest BCUT2D eigenvalue weighted by atomic mass is 16.3. The van der Waals surface area contributed by atoms with E-state index in [2.05, 4.69) is 15.1 Å². The predicted molar refractivity (Wildman–Crippen MR) is 88.0 cm³/mol. The summed E-state index contributed by atoms with van der Waals surface area (Å²) in [5.41, 5.74) is 2.53. The van der Waals surface area contributed by atoms with Crippen molar-refractivity contribution in [3.63, 3.8) is 0 Å². The number of H-pyrrole nitrogens is 1. The van der Waals surface area contributed by atoms with E-state index in [1.807, 2.05) is 6.20 Å². The lowest BCUT2D eigenvalue weighted by Crippen LogP contribution is -2.36. The fourth-order valence-corrected chi connectivity index (χ4v) is 3.92. The number of β-amino-alcohol motifs (C(OH)–C–C–N with tert-alkyl or cyclic N) is 1. The van der Waals surface area contributed by atoms with Crippen molar-refractivity contribution in [3.05, 3.63) is 17.5 Å². The maximum Gasteiger partial charge on any atom is 0.219 e. The molecule has 0 aromatic carbocycles. The zero-order valence-corrected chi connectivity index (χ0v) is 14.0. The molecule has 1 aliphatic heterocycles. The van der Waals surface area contributed by atoms with E-state index in [0.29, 0.717) is 25.6 Å². The fraction of sp³-hybridized carbons (Fsp3) is 0.765. The van der Waals surface area contributed by atoms with Gasteiger partial charge >= 0.3 is 0 Å². The van der Waals surface area contributed by atoms with Gasteiger partial charge in [0.05, 0.1) is 12.3 Å². The Labute approximate surface area is 137 Å². The van der Waals surface area contributed by atoms with Crippen LogP contribution in [-0.2, 0) is 11.3 Å². The molecule has 1 atom stereocenters. The molecular formula is C17H28N4O2.